The van der Waals surface area contributed by atoms with Gasteiger partial charge in [0, 0.05) is 12.4 Å². The molecule has 2 unspecified atom stereocenters. The van der Waals surface area contributed by atoms with Gasteiger partial charge in [-0.05, 0) is 53.8 Å². The standard InChI is InChI=1S/C23H38N2O/c1-21(2,3)19-9-8-17-14-18(26-16-25-13-12-24-15-25)10-11-23(17,7)20(19)22(4,5)6/h8,12-13,15,18-20H,9-11,14,16H2,1-7H3/t18-,19?,20?,23-/m0/s1. The predicted molar refractivity (Wildman–Crippen MR) is 108 cm³/mol. The minimum absolute atomic E-state index is 0.309. The lowest BCUT2D eigenvalue weighted by atomic mass is 9.47. The van der Waals surface area contributed by atoms with E-state index in [1.807, 2.05) is 23.3 Å². The maximum absolute atomic E-state index is 6.22. The fraction of sp³-hybridized carbons (Fsp3) is 0.783. The second-order valence-electron chi connectivity index (χ2n) is 10.9. The van der Waals surface area contributed by atoms with Crippen LogP contribution in [0.1, 0.15) is 74.1 Å². The highest BCUT2D eigenvalue weighted by molar-refractivity contribution is 5.25. The Morgan fingerprint density at radius 3 is 2.50 bits per heavy atom. The number of hydrogen-bond acceptors (Lipinski definition) is 2. The van der Waals surface area contributed by atoms with Gasteiger partial charge in [-0.15, -0.1) is 0 Å². The number of imidazole rings is 1. The van der Waals surface area contributed by atoms with Crippen LogP contribution < -0.4 is 0 Å². The van der Waals surface area contributed by atoms with Gasteiger partial charge in [-0.1, -0.05) is 60.1 Å². The van der Waals surface area contributed by atoms with Crippen LogP contribution in [0.2, 0.25) is 0 Å². The number of fused-ring (bicyclic) bond motifs is 1. The van der Waals surface area contributed by atoms with Crippen LogP contribution in [0, 0.1) is 28.1 Å². The lowest BCUT2D eigenvalue weighted by Gasteiger charge is -2.58. The third-order valence-electron chi connectivity index (χ3n) is 6.94. The summed E-state index contributed by atoms with van der Waals surface area (Å²) in [5.74, 6) is 1.45. The van der Waals surface area contributed by atoms with Gasteiger partial charge in [-0.3, -0.25) is 0 Å². The number of hydrogen-bond donors (Lipinski definition) is 0. The van der Waals surface area contributed by atoms with Gasteiger partial charge in [0.1, 0.15) is 6.73 Å². The fourth-order valence-corrected chi connectivity index (χ4v) is 5.83. The Balaban J connectivity index is 1.79. The van der Waals surface area contributed by atoms with E-state index in [1.165, 1.54) is 12.8 Å². The highest BCUT2D eigenvalue weighted by Crippen LogP contribution is 2.61. The van der Waals surface area contributed by atoms with Crippen molar-refractivity contribution in [2.45, 2.75) is 87.0 Å². The van der Waals surface area contributed by atoms with Gasteiger partial charge in [0.05, 0.1) is 12.4 Å². The molecular weight excluding hydrogens is 320 g/mol. The van der Waals surface area contributed by atoms with Crippen LogP contribution in [0.4, 0.5) is 0 Å². The molecule has 1 heterocycles. The van der Waals surface area contributed by atoms with Crippen molar-refractivity contribution < 1.29 is 4.74 Å². The monoisotopic (exact) mass is 358 g/mol. The predicted octanol–water partition coefficient (Wildman–Crippen LogP) is 6.07. The molecule has 2 aliphatic carbocycles. The van der Waals surface area contributed by atoms with Crippen LogP contribution in [-0.4, -0.2) is 15.7 Å². The fourth-order valence-electron chi connectivity index (χ4n) is 5.83. The summed E-state index contributed by atoms with van der Waals surface area (Å²) in [5, 5.41) is 0. The molecule has 0 saturated heterocycles. The number of allylic oxidation sites excluding steroid dienone is 1. The SMILES string of the molecule is CC(C)(C)C1CC=C2C[C@@H](OCn3ccnc3)CC[C@]2(C)C1C(C)(C)C. The first-order chi connectivity index (χ1) is 12.0. The van der Waals surface area contributed by atoms with E-state index >= 15 is 0 Å². The molecule has 146 valence electrons. The molecule has 0 spiro atoms. The van der Waals surface area contributed by atoms with Gasteiger partial charge in [-0.25, -0.2) is 4.98 Å². The summed E-state index contributed by atoms with van der Waals surface area (Å²) in [5.41, 5.74) is 2.62. The van der Waals surface area contributed by atoms with Gasteiger partial charge in [0.2, 0.25) is 0 Å². The van der Waals surface area contributed by atoms with Gasteiger partial charge < -0.3 is 9.30 Å². The zero-order chi connectivity index (χ0) is 19.2. The van der Waals surface area contributed by atoms with Crippen molar-refractivity contribution >= 4 is 0 Å². The van der Waals surface area contributed by atoms with Crippen LogP contribution >= 0.6 is 0 Å². The minimum atomic E-state index is 0.309. The van der Waals surface area contributed by atoms with Gasteiger partial charge in [-0.2, -0.15) is 0 Å². The van der Waals surface area contributed by atoms with Crippen molar-refractivity contribution in [2.75, 3.05) is 0 Å². The van der Waals surface area contributed by atoms with E-state index in [0.717, 1.165) is 18.8 Å². The molecule has 0 aromatic carbocycles. The van der Waals surface area contributed by atoms with E-state index in [1.54, 1.807) is 5.57 Å². The Morgan fingerprint density at radius 2 is 1.92 bits per heavy atom. The Hall–Kier alpha value is -1.09. The zero-order valence-electron chi connectivity index (χ0n) is 17.9. The van der Waals surface area contributed by atoms with E-state index in [0.29, 0.717) is 35.0 Å². The maximum Gasteiger partial charge on any atom is 0.124 e. The van der Waals surface area contributed by atoms with Crippen LogP contribution in [-0.2, 0) is 11.5 Å². The molecule has 2 aliphatic rings. The summed E-state index contributed by atoms with van der Waals surface area (Å²) >= 11 is 0. The normalized spacial score (nSPS) is 32.9. The Labute approximate surface area is 160 Å². The summed E-state index contributed by atoms with van der Waals surface area (Å²) in [6.07, 6.45) is 13.2. The van der Waals surface area contributed by atoms with E-state index in [-0.39, 0.29) is 0 Å². The molecule has 0 bridgehead atoms. The molecule has 26 heavy (non-hydrogen) atoms. The molecule has 1 fully saturated rings. The summed E-state index contributed by atoms with van der Waals surface area (Å²) < 4.78 is 8.23. The van der Waals surface area contributed by atoms with Gasteiger partial charge >= 0.3 is 0 Å². The van der Waals surface area contributed by atoms with E-state index in [2.05, 4.69) is 59.5 Å². The molecule has 3 nitrogen and oxygen atoms in total. The molecule has 0 amide bonds. The lowest BCUT2D eigenvalue weighted by molar-refractivity contribution is -0.0658. The third-order valence-corrected chi connectivity index (χ3v) is 6.94. The molecule has 3 rings (SSSR count). The zero-order valence-corrected chi connectivity index (χ0v) is 17.9. The van der Waals surface area contributed by atoms with E-state index < -0.39 is 0 Å². The minimum Gasteiger partial charge on any atom is -0.357 e. The van der Waals surface area contributed by atoms with Crippen molar-refractivity contribution in [3.63, 3.8) is 0 Å². The van der Waals surface area contributed by atoms with Crippen LogP contribution in [0.15, 0.2) is 30.4 Å². The number of aromatic nitrogens is 2. The van der Waals surface area contributed by atoms with Gasteiger partial charge in [0.25, 0.3) is 0 Å². The van der Waals surface area contributed by atoms with Crippen molar-refractivity contribution in [3.05, 3.63) is 30.4 Å². The van der Waals surface area contributed by atoms with E-state index in [4.69, 9.17) is 4.74 Å². The smallest absolute Gasteiger partial charge is 0.124 e. The highest BCUT2D eigenvalue weighted by atomic mass is 16.5. The summed E-state index contributed by atoms with van der Waals surface area (Å²) in [4.78, 5) is 4.10. The topological polar surface area (TPSA) is 27.1 Å². The van der Waals surface area contributed by atoms with Gasteiger partial charge in [0.15, 0.2) is 0 Å². The van der Waals surface area contributed by atoms with Crippen LogP contribution in [0.3, 0.4) is 0 Å². The molecule has 1 aromatic rings. The average molecular weight is 359 g/mol. The molecule has 4 atom stereocenters. The molecule has 0 N–H and O–H groups in total. The molecule has 0 radical (unpaired) electrons. The molecule has 0 aliphatic heterocycles. The summed E-state index contributed by atoms with van der Waals surface area (Å²) in [7, 11) is 0. The first kappa shape index (κ1) is 19.7. The number of nitrogens with zero attached hydrogens (tertiary/aromatic N) is 2. The molecule has 1 aromatic heterocycles. The first-order valence-corrected chi connectivity index (χ1v) is 10.3. The van der Waals surface area contributed by atoms with Crippen LogP contribution in [0.5, 0.6) is 0 Å². The number of rotatable bonds is 3. The summed E-state index contributed by atoms with van der Waals surface area (Å²) in [6, 6.07) is 0. The maximum atomic E-state index is 6.22. The van der Waals surface area contributed by atoms with Crippen molar-refractivity contribution in [3.8, 4) is 0 Å². The lowest BCUT2D eigenvalue weighted by Crippen LogP contribution is -2.51. The number of ether oxygens (including phenoxy) is 1. The molecule has 3 heteroatoms. The Morgan fingerprint density at radius 1 is 1.19 bits per heavy atom. The Kier molecular flexibility index (Phi) is 5.16. The van der Waals surface area contributed by atoms with E-state index in [9.17, 15) is 0 Å². The Bertz CT molecular complexity index is 632. The highest BCUT2D eigenvalue weighted by Gasteiger charge is 2.53. The third kappa shape index (κ3) is 3.78. The second-order valence-corrected chi connectivity index (χ2v) is 10.9. The summed E-state index contributed by atoms with van der Waals surface area (Å²) in [6.45, 7) is 17.8. The largest absolute Gasteiger partial charge is 0.357 e. The molecular formula is C23H38N2O. The van der Waals surface area contributed by atoms with Crippen LogP contribution in [0.25, 0.3) is 0 Å². The van der Waals surface area contributed by atoms with Crippen molar-refractivity contribution in [2.24, 2.45) is 28.1 Å². The van der Waals surface area contributed by atoms with Crippen molar-refractivity contribution in [1.29, 1.82) is 0 Å². The quantitative estimate of drug-likeness (QED) is 0.613. The first-order valence-electron chi connectivity index (χ1n) is 10.3. The second kappa shape index (κ2) is 6.82. The molecule has 1 saturated carbocycles. The van der Waals surface area contributed by atoms with Crippen molar-refractivity contribution in [1.82, 2.24) is 9.55 Å². The average Bonchev–Trinajstić information content (AvgIpc) is 3.03.